The van der Waals surface area contributed by atoms with E-state index in [-0.39, 0.29) is 18.4 Å². The molecular formula is C15H19N3O3S. The zero-order valence-corrected chi connectivity index (χ0v) is 13.1. The van der Waals surface area contributed by atoms with Crippen molar-refractivity contribution in [2.45, 2.75) is 25.7 Å². The summed E-state index contributed by atoms with van der Waals surface area (Å²) in [5, 5.41) is 15.0. The predicted octanol–water partition coefficient (Wildman–Crippen LogP) is 1.96. The first kappa shape index (κ1) is 15.2. The Balaban J connectivity index is 1.44. The number of aliphatic hydroxyl groups excluding tert-OH is 1. The molecule has 0 radical (unpaired) electrons. The minimum absolute atomic E-state index is 0.147. The fourth-order valence-electron chi connectivity index (χ4n) is 2.62. The van der Waals surface area contributed by atoms with Gasteiger partial charge in [-0.25, -0.2) is 0 Å². The molecule has 22 heavy (non-hydrogen) atoms. The van der Waals surface area contributed by atoms with Crippen LogP contribution in [0.15, 0.2) is 22.0 Å². The zero-order valence-electron chi connectivity index (χ0n) is 12.3. The number of amides is 1. The highest BCUT2D eigenvalue weighted by atomic mass is 32.1. The fraction of sp³-hybridized carbons (Fsp3) is 0.533. The first-order valence-corrected chi connectivity index (χ1v) is 8.39. The normalized spacial score (nSPS) is 18.0. The van der Waals surface area contributed by atoms with Crippen molar-refractivity contribution in [3.63, 3.8) is 0 Å². The Morgan fingerprint density at radius 3 is 3.18 bits per heavy atom. The van der Waals surface area contributed by atoms with E-state index in [1.165, 1.54) is 0 Å². The molecule has 3 rings (SSSR count). The standard InChI is InChI=1S/C15H19N3O3S/c19-10-11-6-7-18(9-11)14(20)5-1-4-13-16-15(17-21-13)12-3-2-8-22-12/h2-3,8,11,19H,1,4-7,9-10H2. The number of thiophene rings is 1. The lowest BCUT2D eigenvalue weighted by molar-refractivity contribution is -0.130. The van der Waals surface area contributed by atoms with E-state index in [1.54, 1.807) is 11.3 Å². The number of aryl methyl sites for hydroxylation is 1. The summed E-state index contributed by atoms with van der Waals surface area (Å²) in [6.45, 7) is 1.60. The molecule has 1 fully saturated rings. The molecule has 3 heterocycles. The van der Waals surface area contributed by atoms with Crippen LogP contribution < -0.4 is 0 Å². The van der Waals surface area contributed by atoms with E-state index < -0.39 is 0 Å². The third-order valence-corrected chi connectivity index (χ3v) is 4.75. The highest BCUT2D eigenvalue weighted by Crippen LogP contribution is 2.22. The topological polar surface area (TPSA) is 79.5 Å². The van der Waals surface area contributed by atoms with Crippen LogP contribution in [0.25, 0.3) is 10.7 Å². The van der Waals surface area contributed by atoms with Gasteiger partial charge in [0.2, 0.25) is 17.6 Å². The summed E-state index contributed by atoms with van der Waals surface area (Å²) in [4.78, 5) is 19.2. The van der Waals surface area contributed by atoms with E-state index in [1.807, 2.05) is 22.4 Å². The average Bonchev–Trinajstić information content (AvgIpc) is 3.27. The van der Waals surface area contributed by atoms with Crippen molar-refractivity contribution < 1.29 is 14.4 Å². The summed E-state index contributed by atoms with van der Waals surface area (Å²) in [6, 6.07) is 3.90. The molecule has 1 aliphatic heterocycles. The largest absolute Gasteiger partial charge is 0.396 e. The van der Waals surface area contributed by atoms with E-state index in [4.69, 9.17) is 9.63 Å². The van der Waals surface area contributed by atoms with Crippen LogP contribution >= 0.6 is 11.3 Å². The minimum Gasteiger partial charge on any atom is -0.396 e. The first-order valence-electron chi connectivity index (χ1n) is 7.51. The number of hydrogen-bond acceptors (Lipinski definition) is 6. The maximum absolute atomic E-state index is 12.1. The van der Waals surface area contributed by atoms with E-state index >= 15 is 0 Å². The smallest absolute Gasteiger partial charge is 0.226 e. The maximum atomic E-state index is 12.1. The van der Waals surface area contributed by atoms with Crippen molar-refractivity contribution in [3.8, 4) is 10.7 Å². The molecule has 2 aromatic heterocycles. The number of likely N-dealkylation sites (tertiary alicyclic amines) is 1. The molecule has 0 aromatic carbocycles. The third kappa shape index (κ3) is 3.53. The zero-order chi connectivity index (χ0) is 15.4. The number of carbonyl (C=O) groups excluding carboxylic acids is 1. The van der Waals surface area contributed by atoms with Crippen LogP contribution in [0.4, 0.5) is 0 Å². The quantitative estimate of drug-likeness (QED) is 0.880. The van der Waals surface area contributed by atoms with Crippen molar-refractivity contribution in [3.05, 3.63) is 23.4 Å². The molecule has 1 N–H and O–H groups in total. The van der Waals surface area contributed by atoms with Gasteiger partial charge in [-0.1, -0.05) is 11.2 Å². The lowest BCUT2D eigenvalue weighted by Crippen LogP contribution is -2.28. The van der Waals surface area contributed by atoms with Crippen LogP contribution in [0.3, 0.4) is 0 Å². The van der Waals surface area contributed by atoms with Gasteiger partial charge in [0.15, 0.2) is 0 Å². The van der Waals surface area contributed by atoms with E-state index in [2.05, 4.69) is 10.1 Å². The van der Waals surface area contributed by atoms with Crippen LogP contribution in [0.1, 0.15) is 25.2 Å². The van der Waals surface area contributed by atoms with Gasteiger partial charge in [-0.05, 0) is 24.3 Å². The van der Waals surface area contributed by atoms with Gasteiger partial charge in [0.1, 0.15) is 0 Å². The SMILES string of the molecule is O=C(CCCc1nc(-c2cccs2)no1)N1CCC(CO)C1. The van der Waals surface area contributed by atoms with Gasteiger partial charge in [-0.15, -0.1) is 11.3 Å². The Labute approximate surface area is 132 Å². The first-order chi connectivity index (χ1) is 10.8. The van der Waals surface area contributed by atoms with Gasteiger partial charge >= 0.3 is 0 Å². The summed E-state index contributed by atoms with van der Waals surface area (Å²) in [6.07, 6.45) is 2.69. The number of carbonyl (C=O) groups is 1. The van der Waals surface area contributed by atoms with Crippen LogP contribution in [0.5, 0.6) is 0 Å². The monoisotopic (exact) mass is 321 g/mol. The van der Waals surface area contributed by atoms with Gasteiger partial charge in [0.25, 0.3) is 0 Å². The fourth-order valence-corrected chi connectivity index (χ4v) is 3.27. The summed E-state index contributed by atoms with van der Waals surface area (Å²) < 4.78 is 5.22. The molecule has 1 atom stereocenters. The van der Waals surface area contributed by atoms with Gasteiger partial charge in [-0.3, -0.25) is 4.79 Å². The molecule has 118 valence electrons. The Kier molecular flexibility index (Phi) is 4.84. The summed E-state index contributed by atoms with van der Waals surface area (Å²) >= 11 is 1.57. The Bertz CT molecular complexity index is 611. The molecule has 6 nitrogen and oxygen atoms in total. The summed E-state index contributed by atoms with van der Waals surface area (Å²) in [7, 11) is 0. The second kappa shape index (κ2) is 7.02. The summed E-state index contributed by atoms with van der Waals surface area (Å²) in [5.41, 5.74) is 0. The third-order valence-electron chi connectivity index (χ3n) is 3.89. The number of rotatable bonds is 6. The van der Waals surface area contributed by atoms with E-state index in [0.29, 0.717) is 37.5 Å². The van der Waals surface area contributed by atoms with Gasteiger partial charge in [-0.2, -0.15) is 4.98 Å². The number of aliphatic hydroxyl groups is 1. The molecule has 7 heteroatoms. The van der Waals surface area contributed by atoms with Gasteiger partial charge in [0.05, 0.1) is 4.88 Å². The second-order valence-corrected chi connectivity index (χ2v) is 6.47. The maximum Gasteiger partial charge on any atom is 0.226 e. The Morgan fingerprint density at radius 1 is 1.55 bits per heavy atom. The second-order valence-electron chi connectivity index (χ2n) is 5.52. The van der Waals surface area contributed by atoms with Crippen LogP contribution in [-0.4, -0.2) is 45.8 Å². The van der Waals surface area contributed by atoms with Crippen molar-refractivity contribution in [1.29, 1.82) is 0 Å². The van der Waals surface area contributed by atoms with Crippen LogP contribution in [-0.2, 0) is 11.2 Å². The van der Waals surface area contributed by atoms with Crippen molar-refractivity contribution >= 4 is 17.2 Å². The lowest BCUT2D eigenvalue weighted by Gasteiger charge is -2.15. The van der Waals surface area contributed by atoms with Crippen molar-refractivity contribution in [2.75, 3.05) is 19.7 Å². The molecule has 0 aliphatic carbocycles. The van der Waals surface area contributed by atoms with Crippen LogP contribution in [0.2, 0.25) is 0 Å². The Hall–Kier alpha value is -1.73. The van der Waals surface area contributed by atoms with Crippen LogP contribution in [0, 0.1) is 5.92 Å². The molecule has 1 amide bonds. The van der Waals surface area contributed by atoms with Gasteiger partial charge < -0.3 is 14.5 Å². The van der Waals surface area contributed by atoms with Crippen molar-refractivity contribution in [1.82, 2.24) is 15.0 Å². The molecule has 1 saturated heterocycles. The highest BCUT2D eigenvalue weighted by molar-refractivity contribution is 7.13. The molecule has 0 saturated carbocycles. The molecule has 0 bridgehead atoms. The van der Waals surface area contributed by atoms with Crippen molar-refractivity contribution in [2.24, 2.45) is 5.92 Å². The Morgan fingerprint density at radius 2 is 2.45 bits per heavy atom. The molecule has 1 unspecified atom stereocenters. The van der Waals surface area contributed by atoms with E-state index in [9.17, 15) is 4.79 Å². The molecular weight excluding hydrogens is 302 g/mol. The molecule has 0 spiro atoms. The highest BCUT2D eigenvalue weighted by Gasteiger charge is 2.25. The molecule has 1 aliphatic rings. The lowest BCUT2D eigenvalue weighted by atomic mass is 10.1. The number of hydrogen-bond donors (Lipinski definition) is 1. The predicted molar refractivity (Wildman–Crippen MR) is 82.3 cm³/mol. The van der Waals surface area contributed by atoms with Gasteiger partial charge in [0, 0.05) is 38.5 Å². The molecule has 2 aromatic rings. The van der Waals surface area contributed by atoms with E-state index in [0.717, 1.165) is 17.8 Å². The summed E-state index contributed by atoms with van der Waals surface area (Å²) in [5.74, 6) is 1.58. The number of nitrogens with zero attached hydrogens (tertiary/aromatic N) is 3. The minimum atomic E-state index is 0.147. The number of aromatic nitrogens is 2. The average molecular weight is 321 g/mol.